The first-order chi connectivity index (χ1) is 7.01. The summed E-state index contributed by atoms with van der Waals surface area (Å²) < 4.78 is 0. The predicted octanol–water partition coefficient (Wildman–Crippen LogP) is 1.65. The zero-order valence-corrected chi connectivity index (χ0v) is 9.75. The van der Waals surface area contributed by atoms with Crippen LogP contribution in [0.4, 0.5) is 0 Å². The molecule has 15 heavy (non-hydrogen) atoms. The second-order valence-corrected chi connectivity index (χ2v) is 3.97. The van der Waals surface area contributed by atoms with Gasteiger partial charge in [-0.15, -0.1) is 0 Å². The quantitative estimate of drug-likeness (QED) is 0.678. The Bertz CT molecular complexity index is 216. The van der Waals surface area contributed by atoms with Crippen LogP contribution in [0.25, 0.3) is 0 Å². The van der Waals surface area contributed by atoms with Crippen LogP contribution in [-0.4, -0.2) is 23.5 Å². The molecule has 0 aliphatic rings. The lowest BCUT2D eigenvalue weighted by Crippen LogP contribution is -2.33. The van der Waals surface area contributed by atoms with E-state index < -0.39 is 11.9 Å². The molecule has 4 nitrogen and oxygen atoms in total. The topological polar surface area (TPSA) is 66.4 Å². The SMILES string of the molecule is CCC(C)CC(=O)NCC(CC)C(=O)O. The molecule has 0 saturated carbocycles. The molecule has 2 unspecified atom stereocenters. The van der Waals surface area contributed by atoms with E-state index >= 15 is 0 Å². The molecule has 88 valence electrons. The predicted molar refractivity (Wildman–Crippen MR) is 58.5 cm³/mol. The van der Waals surface area contributed by atoms with E-state index in [1.165, 1.54) is 0 Å². The Balaban J connectivity index is 3.83. The highest BCUT2D eigenvalue weighted by atomic mass is 16.4. The average molecular weight is 215 g/mol. The van der Waals surface area contributed by atoms with E-state index in [-0.39, 0.29) is 12.5 Å². The number of carbonyl (C=O) groups excluding carboxylic acids is 1. The third-order valence-corrected chi connectivity index (χ3v) is 2.62. The van der Waals surface area contributed by atoms with Gasteiger partial charge in [-0.2, -0.15) is 0 Å². The summed E-state index contributed by atoms with van der Waals surface area (Å²) in [7, 11) is 0. The van der Waals surface area contributed by atoms with E-state index in [1.807, 2.05) is 13.8 Å². The summed E-state index contributed by atoms with van der Waals surface area (Å²) >= 11 is 0. The molecule has 2 atom stereocenters. The van der Waals surface area contributed by atoms with Crippen LogP contribution in [0.15, 0.2) is 0 Å². The number of hydrogen-bond acceptors (Lipinski definition) is 2. The van der Waals surface area contributed by atoms with Crippen molar-refractivity contribution in [2.75, 3.05) is 6.54 Å². The maximum atomic E-state index is 11.4. The largest absolute Gasteiger partial charge is 0.481 e. The summed E-state index contributed by atoms with van der Waals surface area (Å²) in [6.07, 6.45) is 1.98. The Hall–Kier alpha value is -1.06. The number of rotatable bonds is 7. The minimum absolute atomic E-state index is 0.0518. The molecule has 0 heterocycles. The number of carbonyl (C=O) groups is 2. The van der Waals surface area contributed by atoms with Gasteiger partial charge in [-0.05, 0) is 12.3 Å². The second-order valence-electron chi connectivity index (χ2n) is 3.97. The van der Waals surface area contributed by atoms with Crippen LogP contribution >= 0.6 is 0 Å². The van der Waals surface area contributed by atoms with E-state index in [0.29, 0.717) is 18.8 Å². The molecule has 0 aliphatic heterocycles. The van der Waals surface area contributed by atoms with Crippen LogP contribution in [0.3, 0.4) is 0 Å². The average Bonchev–Trinajstić information content (AvgIpc) is 2.17. The van der Waals surface area contributed by atoms with Crippen LogP contribution in [0.5, 0.6) is 0 Å². The molecule has 0 rings (SSSR count). The highest BCUT2D eigenvalue weighted by Gasteiger charge is 2.16. The van der Waals surface area contributed by atoms with Gasteiger partial charge >= 0.3 is 5.97 Å². The fourth-order valence-electron chi connectivity index (χ4n) is 1.18. The molecule has 0 saturated heterocycles. The summed E-state index contributed by atoms with van der Waals surface area (Å²) in [5.41, 5.74) is 0. The Labute approximate surface area is 91.1 Å². The molecule has 1 amide bonds. The van der Waals surface area contributed by atoms with Crippen molar-refractivity contribution in [3.63, 3.8) is 0 Å². The van der Waals surface area contributed by atoms with E-state index in [2.05, 4.69) is 5.32 Å². The lowest BCUT2D eigenvalue weighted by atomic mass is 10.0. The summed E-state index contributed by atoms with van der Waals surface area (Å²) in [5.74, 6) is -1.01. The molecule has 0 aromatic heterocycles. The van der Waals surface area contributed by atoms with Crippen molar-refractivity contribution in [1.29, 1.82) is 0 Å². The van der Waals surface area contributed by atoms with Gasteiger partial charge in [0.05, 0.1) is 5.92 Å². The Morgan fingerprint density at radius 3 is 2.27 bits per heavy atom. The molecule has 0 radical (unpaired) electrons. The monoisotopic (exact) mass is 215 g/mol. The van der Waals surface area contributed by atoms with Crippen LogP contribution in [0.1, 0.15) is 40.0 Å². The summed E-state index contributed by atoms with van der Waals surface area (Å²) in [6.45, 7) is 6.08. The van der Waals surface area contributed by atoms with Crippen molar-refractivity contribution < 1.29 is 14.7 Å². The first-order valence-electron chi connectivity index (χ1n) is 5.50. The maximum absolute atomic E-state index is 11.4. The lowest BCUT2D eigenvalue weighted by molar-refractivity contribution is -0.141. The molecule has 0 aliphatic carbocycles. The zero-order valence-electron chi connectivity index (χ0n) is 9.75. The normalized spacial score (nSPS) is 14.3. The van der Waals surface area contributed by atoms with Gasteiger partial charge < -0.3 is 10.4 Å². The van der Waals surface area contributed by atoms with E-state index in [0.717, 1.165) is 6.42 Å². The fourth-order valence-corrected chi connectivity index (χ4v) is 1.18. The van der Waals surface area contributed by atoms with Crippen molar-refractivity contribution in [2.45, 2.75) is 40.0 Å². The van der Waals surface area contributed by atoms with Crippen molar-refractivity contribution in [3.05, 3.63) is 0 Å². The fraction of sp³-hybridized carbons (Fsp3) is 0.818. The number of carboxylic acids is 1. The first kappa shape index (κ1) is 13.9. The van der Waals surface area contributed by atoms with Crippen LogP contribution in [0.2, 0.25) is 0 Å². The highest BCUT2D eigenvalue weighted by molar-refractivity contribution is 5.77. The summed E-state index contributed by atoms with van der Waals surface area (Å²) in [5, 5.41) is 11.4. The standard InChI is InChI=1S/C11H21NO3/c1-4-8(3)6-10(13)12-7-9(5-2)11(14)15/h8-9H,4-7H2,1-3H3,(H,12,13)(H,14,15). The smallest absolute Gasteiger partial charge is 0.308 e. The zero-order chi connectivity index (χ0) is 11.8. The maximum Gasteiger partial charge on any atom is 0.308 e. The molecular formula is C11H21NO3. The van der Waals surface area contributed by atoms with Gasteiger partial charge in [0.15, 0.2) is 0 Å². The van der Waals surface area contributed by atoms with E-state index in [4.69, 9.17) is 5.11 Å². The Morgan fingerprint density at radius 2 is 1.87 bits per heavy atom. The minimum Gasteiger partial charge on any atom is -0.481 e. The third-order valence-electron chi connectivity index (χ3n) is 2.62. The third kappa shape index (κ3) is 6.10. The molecule has 0 aromatic rings. The number of aliphatic carboxylic acids is 1. The molecule has 4 heteroatoms. The molecule has 0 bridgehead atoms. The van der Waals surface area contributed by atoms with Gasteiger partial charge in [-0.25, -0.2) is 0 Å². The molecule has 0 spiro atoms. The number of carboxylic acid groups (broad SMARTS) is 1. The van der Waals surface area contributed by atoms with Gasteiger partial charge in [0.25, 0.3) is 0 Å². The van der Waals surface area contributed by atoms with Crippen molar-refractivity contribution >= 4 is 11.9 Å². The van der Waals surface area contributed by atoms with E-state index in [9.17, 15) is 9.59 Å². The molecule has 2 N–H and O–H groups in total. The second kappa shape index (κ2) is 7.26. The van der Waals surface area contributed by atoms with Gasteiger partial charge in [-0.3, -0.25) is 9.59 Å². The molecule has 0 fully saturated rings. The first-order valence-corrected chi connectivity index (χ1v) is 5.50. The van der Waals surface area contributed by atoms with Crippen molar-refractivity contribution in [3.8, 4) is 0 Å². The lowest BCUT2D eigenvalue weighted by Gasteiger charge is -2.12. The van der Waals surface area contributed by atoms with Crippen molar-refractivity contribution in [2.24, 2.45) is 11.8 Å². The van der Waals surface area contributed by atoms with Crippen LogP contribution < -0.4 is 5.32 Å². The van der Waals surface area contributed by atoms with Gasteiger partial charge in [-0.1, -0.05) is 27.2 Å². The number of nitrogens with one attached hydrogen (secondary N) is 1. The highest BCUT2D eigenvalue weighted by Crippen LogP contribution is 2.06. The summed E-state index contributed by atoms with van der Waals surface area (Å²) in [4.78, 5) is 22.0. The minimum atomic E-state index is -0.846. The Kier molecular flexibility index (Phi) is 6.75. The number of hydrogen-bond donors (Lipinski definition) is 2. The van der Waals surface area contributed by atoms with Crippen LogP contribution in [-0.2, 0) is 9.59 Å². The Morgan fingerprint density at radius 1 is 1.27 bits per heavy atom. The molecular weight excluding hydrogens is 194 g/mol. The van der Waals surface area contributed by atoms with E-state index in [1.54, 1.807) is 6.92 Å². The number of amides is 1. The van der Waals surface area contributed by atoms with Crippen LogP contribution in [0, 0.1) is 11.8 Å². The van der Waals surface area contributed by atoms with Gasteiger partial charge in [0, 0.05) is 13.0 Å². The van der Waals surface area contributed by atoms with Gasteiger partial charge in [0.1, 0.15) is 0 Å². The van der Waals surface area contributed by atoms with Gasteiger partial charge in [0.2, 0.25) is 5.91 Å². The summed E-state index contributed by atoms with van der Waals surface area (Å²) in [6, 6.07) is 0. The molecule has 0 aromatic carbocycles. The van der Waals surface area contributed by atoms with Crippen molar-refractivity contribution in [1.82, 2.24) is 5.32 Å².